The number of benzene rings is 1. The highest BCUT2D eigenvalue weighted by Gasteiger charge is 2.08. The first-order valence-electron chi connectivity index (χ1n) is 5.16. The van der Waals surface area contributed by atoms with Gasteiger partial charge < -0.3 is 10.3 Å². The number of nitrogens with zero attached hydrogens (tertiary/aromatic N) is 2. The number of halogens is 1. The van der Waals surface area contributed by atoms with Gasteiger partial charge in [0.2, 0.25) is 11.7 Å². The van der Waals surface area contributed by atoms with Crippen LogP contribution in [-0.4, -0.2) is 22.4 Å². The summed E-state index contributed by atoms with van der Waals surface area (Å²) in [6.45, 7) is 0.664. The largest absolute Gasteiger partial charge is 0.338 e. The molecule has 0 aliphatic heterocycles. The molecule has 0 amide bonds. The molecule has 90 valence electrons. The van der Waals surface area contributed by atoms with E-state index in [2.05, 4.69) is 26.1 Å². The molecule has 0 radical (unpaired) electrons. The van der Waals surface area contributed by atoms with Gasteiger partial charge in [0.25, 0.3) is 0 Å². The van der Waals surface area contributed by atoms with Gasteiger partial charge in [-0.15, -0.1) is 0 Å². The first-order valence-corrected chi connectivity index (χ1v) is 7.10. The van der Waals surface area contributed by atoms with Crippen molar-refractivity contribution in [1.82, 2.24) is 10.1 Å². The molecule has 2 aromatic rings. The second-order valence-electron chi connectivity index (χ2n) is 3.36. The SMILES string of the molecule is NCCSCc1nc(-c2cccc(Br)c2)no1. The van der Waals surface area contributed by atoms with E-state index in [9.17, 15) is 0 Å². The Bertz CT molecular complexity index is 489. The number of hydrogen-bond donors (Lipinski definition) is 1. The summed E-state index contributed by atoms with van der Waals surface area (Å²) >= 11 is 5.10. The Labute approximate surface area is 112 Å². The quantitative estimate of drug-likeness (QED) is 0.860. The van der Waals surface area contributed by atoms with Crippen molar-refractivity contribution in [3.8, 4) is 11.4 Å². The molecule has 2 rings (SSSR count). The number of aromatic nitrogens is 2. The molecule has 0 saturated heterocycles. The Kier molecular flexibility index (Phi) is 4.58. The standard InChI is InChI=1S/C11H12BrN3OS/c12-9-3-1-2-8(6-9)11-14-10(16-15-11)7-17-5-4-13/h1-3,6H,4-5,7,13H2. The molecule has 0 saturated carbocycles. The summed E-state index contributed by atoms with van der Waals surface area (Å²) in [4.78, 5) is 4.33. The van der Waals surface area contributed by atoms with Crippen molar-refractivity contribution in [1.29, 1.82) is 0 Å². The summed E-state index contributed by atoms with van der Waals surface area (Å²) < 4.78 is 6.17. The van der Waals surface area contributed by atoms with E-state index in [0.717, 1.165) is 15.8 Å². The first kappa shape index (κ1) is 12.6. The van der Waals surface area contributed by atoms with Crippen LogP contribution >= 0.6 is 27.7 Å². The van der Waals surface area contributed by atoms with Gasteiger partial charge in [0.1, 0.15) is 0 Å². The van der Waals surface area contributed by atoms with Gasteiger partial charge in [-0.1, -0.05) is 33.2 Å². The molecule has 0 aliphatic rings. The van der Waals surface area contributed by atoms with Gasteiger partial charge in [-0.2, -0.15) is 16.7 Å². The zero-order valence-corrected chi connectivity index (χ0v) is 11.5. The van der Waals surface area contributed by atoms with Crippen LogP contribution in [0.5, 0.6) is 0 Å². The van der Waals surface area contributed by atoms with Crippen LogP contribution in [0.25, 0.3) is 11.4 Å². The summed E-state index contributed by atoms with van der Waals surface area (Å²) in [7, 11) is 0. The second kappa shape index (κ2) is 6.18. The molecule has 17 heavy (non-hydrogen) atoms. The minimum absolute atomic E-state index is 0.620. The lowest BCUT2D eigenvalue weighted by atomic mass is 10.2. The normalized spacial score (nSPS) is 10.7. The summed E-state index contributed by atoms with van der Waals surface area (Å²) in [5, 5.41) is 3.95. The van der Waals surface area contributed by atoms with Gasteiger partial charge in [0.15, 0.2) is 0 Å². The maximum atomic E-state index is 5.41. The zero-order chi connectivity index (χ0) is 12.1. The Morgan fingerprint density at radius 1 is 1.41 bits per heavy atom. The third-order valence-electron chi connectivity index (χ3n) is 2.04. The fourth-order valence-corrected chi connectivity index (χ4v) is 2.30. The van der Waals surface area contributed by atoms with E-state index in [-0.39, 0.29) is 0 Å². The third-order valence-corrected chi connectivity index (χ3v) is 3.51. The third kappa shape index (κ3) is 3.55. The van der Waals surface area contributed by atoms with Gasteiger partial charge >= 0.3 is 0 Å². The fourth-order valence-electron chi connectivity index (χ4n) is 1.30. The molecule has 1 heterocycles. The van der Waals surface area contributed by atoms with Crippen molar-refractivity contribution in [2.45, 2.75) is 5.75 Å². The van der Waals surface area contributed by atoms with Crippen LogP contribution in [0.3, 0.4) is 0 Å². The fraction of sp³-hybridized carbons (Fsp3) is 0.273. The van der Waals surface area contributed by atoms with Crippen molar-refractivity contribution >= 4 is 27.7 Å². The minimum Gasteiger partial charge on any atom is -0.338 e. The lowest BCUT2D eigenvalue weighted by Crippen LogP contribution is -2.01. The van der Waals surface area contributed by atoms with E-state index in [1.807, 2.05) is 24.3 Å². The summed E-state index contributed by atoms with van der Waals surface area (Å²) in [5.41, 5.74) is 6.36. The van der Waals surface area contributed by atoms with E-state index < -0.39 is 0 Å². The maximum absolute atomic E-state index is 5.41. The van der Waals surface area contributed by atoms with Crippen molar-refractivity contribution in [2.24, 2.45) is 5.73 Å². The number of hydrogen-bond acceptors (Lipinski definition) is 5. The molecule has 6 heteroatoms. The molecule has 1 aromatic heterocycles. The van der Waals surface area contributed by atoms with Crippen LogP contribution in [0.15, 0.2) is 33.3 Å². The van der Waals surface area contributed by atoms with Crippen LogP contribution in [0.4, 0.5) is 0 Å². The molecular formula is C11H12BrN3OS. The molecule has 0 fully saturated rings. The molecule has 1 aromatic carbocycles. The first-order chi connectivity index (χ1) is 8.29. The lowest BCUT2D eigenvalue weighted by molar-refractivity contribution is 0.391. The van der Waals surface area contributed by atoms with E-state index >= 15 is 0 Å². The van der Waals surface area contributed by atoms with Crippen molar-refractivity contribution in [3.63, 3.8) is 0 Å². The van der Waals surface area contributed by atoms with Crippen molar-refractivity contribution in [3.05, 3.63) is 34.6 Å². The topological polar surface area (TPSA) is 64.9 Å². The predicted molar refractivity (Wildman–Crippen MR) is 72.7 cm³/mol. The number of nitrogens with two attached hydrogens (primary N) is 1. The van der Waals surface area contributed by atoms with Crippen molar-refractivity contribution < 1.29 is 4.52 Å². The molecule has 0 aliphatic carbocycles. The van der Waals surface area contributed by atoms with Gasteiger partial charge in [-0.05, 0) is 12.1 Å². The highest BCUT2D eigenvalue weighted by Crippen LogP contribution is 2.21. The highest BCUT2D eigenvalue weighted by molar-refractivity contribution is 9.10. The molecule has 4 nitrogen and oxygen atoms in total. The smallest absolute Gasteiger partial charge is 0.236 e. The molecule has 0 spiro atoms. The van der Waals surface area contributed by atoms with E-state index in [1.54, 1.807) is 11.8 Å². The van der Waals surface area contributed by atoms with E-state index in [0.29, 0.717) is 24.0 Å². The van der Waals surface area contributed by atoms with Crippen LogP contribution in [0.2, 0.25) is 0 Å². The maximum Gasteiger partial charge on any atom is 0.236 e. The summed E-state index contributed by atoms with van der Waals surface area (Å²) in [6, 6.07) is 7.81. The Hall–Kier alpha value is -0.850. The van der Waals surface area contributed by atoms with Gasteiger partial charge in [-0.3, -0.25) is 0 Å². The molecule has 0 atom stereocenters. The van der Waals surface area contributed by atoms with Crippen LogP contribution in [0.1, 0.15) is 5.89 Å². The van der Waals surface area contributed by atoms with Crippen LogP contribution < -0.4 is 5.73 Å². The lowest BCUT2D eigenvalue weighted by Gasteiger charge is -1.94. The van der Waals surface area contributed by atoms with E-state index in [1.165, 1.54) is 0 Å². The second-order valence-corrected chi connectivity index (χ2v) is 5.38. The van der Waals surface area contributed by atoms with Gasteiger partial charge in [0, 0.05) is 22.3 Å². The molecular weight excluding hydrogens is 302 g/mol. The monoisotopic (exact) mass is 313 g/mol. The summed E-state index contributed by atoms with van der Waals surface area (Å²) in [5.74, 6) is 2.86. The molecule has 0 unspecified atom stereocenters. The Morgan fingerprint density at radius 3 is 3.06 bits per heavy atom. The van der Waals surface area contributed by atoms with Crippen LogP contribution in [0, 0.1) is 0 Å². The Morgan fingerprint density at radius 2 is 2.29 bits per heavy atom. The molecule has 2 N–H and O–H groups in total. The predicted octanol–water partition coefficient (Wildman–Crippen LogP) is 2.69. The number of rotatable bonds is 5. The van der Waals surface area contributed by atoms with Crippen LogP contribution in [-0.2, 0) is 5.75 Å². The van der Waals surface area contributed by atoms with E-state index in [4.69, 9.17) is 10.3 Å². The molecule has 0 bridgehead atoms. The average Bonchev–Trinajstić information content (AvgIpc) is 2.78. The Balaban J connectivity index is 2.07. The number of thioether (sulfide) groups is 1. The average molecular weight is 314 g/mol. The summed E-state index contributed by atoms with van der Waals surface area (Å²) in [6.07, 6.45) is 0. The van der Waals surface area contributed by atoms with Gasteiger partial charge in [-0.25, -0.2) is 0 Å². The van der Waals surface area contributed by atoms with Gasteiger partial charge in [0.05, 0.1) is 5.75 Å². The van der Waals surface area contributed by atoms with Crippen molar-refractivity contribution in [2.75, 3.05) is 12.3 Å². The zero-order valence-electron chi connectivity index (χ0n) is 9.10. The minimum atomic E-state index is 0.620. The highest BCUT2D eigenvalue weighted by atomic mass is 79.9.